The van der Waals surface area contributed by atoms with Crippen molar-refractivity contribution in [3.63, 3.8) is 0 Å². The van der Waals surface area contributed by atoms with Crippen molar-refractivity contribution in [1.29, 1.82) is 0 Å². The van der Waals surface area contributed by atoms with E-state index in [4.69, 9.17) is 0 Å². The number of hydrogen-bond donors (Lipinski definition) is 1. The van der Waals surface area contributed by atoms with Crippen molar-refractivity contribution in [3.05, 3.63) is 0 Å². The van der Waals surface area contributed by atoms with Crippen LogP contribution >= 0.6 is 0 Å². The van der Waals surface area contributed by atoms with Crippen molar-refractivity contribution in [2.45, 2.75) is 32.6 Å². The fourth-order valence-electron chi connectivity index (χ4n) is 2.07. The second-order valence-corrected chi connectivity index (χ2v) is 5.01. The molecule has 1 saturated carbocycles. The van der Waals surface area contributed by atoms with Crippen molar-refractivity contribution < 1.29 is 4.79 Å². The van der Waals surface area contributed by atoms with Crippen LogP contribution in [0, 0.1) is 11.8 Å². The number of carbonyl (C=O) groups excluding carboxylic acids is 1. The van der Waals surface area contributed by atoms with Gasteiger partial charge in [-0.3, -0.25) is 4.79 Å². The largest absolute Gasteiger partial charge is 0.342 e. The molecule has 1 amide bonds. The molecule has 2 rings (SSSR count). The highest BCUT2D eigenvalue weighted by Crippen LogP contribution is 2.30. The molecule has 0 aromatic rings. The molecule has 3 nitrogen and oxygen atoms in total. The van der Waals surface area contributed by atoms with Crippen LogP contribution in [0.4, 0.5) is 0 Å². The van der Waals surface area contributed by atoms with E-state index in [1.807, 2.05) is 0 Å². The molecule has 2 aliphatic rings. The van der Waals surface area contributed by atoms with Gasteiger partial charge in [0, 0.05) is 19.5 Å². The lowest BCUT2D eigenvalue weighted by atomic mass is 9.98. The van der Waals surface area contributed by atoms with E-state index in [-0.39, 0.29) is 0 Å². The van der Waals surface area contributed by atoms with Gasteiger partial charge in [0.25, 0.3) is 0 Å². The average molecular weight is 210 g/mol. The van der Waals surface area contributed by atoms with Crippen LogP contribution in [0.3, 0.4) is 0 Å². The van der Waals surface area contributed by atoms with E-state index in [1.165, 1.54) is 12.8 Å². The average Bonchev–Trinajstić information content (AvgIpc) is 2.94. The molecular weight excluding hydrogens is 188 g/mol. The van der Waals surface area contributed by atoms with Crippen LogP contribution in [-0.2, 0) is 4.79 Å². The normalized spacial score (nSPS) is 21.1. The summed E-state index contributed by atoms with van der Waals surface area (Å²) in [5.41, 5.74) is 0. The number of hydrogen-bond acceptors (Lipinski definition) is 2. The van der Waals surface area contributed by atoms with E-state index in [0.29, 0.717) is 11.8 Å². The molecule has 1 heterocycles. The Morgan fingerprint density at radius 2 is 2.07 bits per heavy atom. The maximum Gasteiger partial charge on any atom is 0.222 e. The number of nitrogens with zero attached hydrogens (tertiary/aromatic N) is 1. The van der Waals surface area contributed by atoms with Gasteiger partial charge in [-0.15, -0.1) is 0 Å². The van der Waals surface area contributed by atoms with Crippen molar-refractivity contribution in [1.82, 2.24) is 10.2 Å². The Bertz CT molecular complexity index is 222. The molecule has 86 valence electrons. The molecule has 0 spiro atoms. The van der Waals surface area contributed by atoms with E-state index in [9.17, 15) is 4.79 Å². The van der Waals surface area contributed by atoms with Crippen LogP contribution in [0.15, 0.2) is 0 Å². The molecule has 0 atom stereocenters. The summed E-state index contributed by atoms with van der Waals surface area (Å²) >= 11 is 0. The predicted molar refractivity (Wildman–Crippen MR) is 60.6 cm³/mol. The Kier molecular flexibility index (Phi) is 3.62. The summed E-state index contributed by atoms with van der Waals surface area (Å²) in [7, 11) is 0. The lowest BCUT2D eigenvalue weighted by molar-refractivity contribution is -0.132. The molecule has 15 heavy (non-hydrogen) atoms. The van der Waals surface area contributed by atoms with Crippen molar-refractivity contribution in [2.75, 3.05) is 26.2 Å². The van der Waals surface area contributed by atoms with Gasteiger partial charge in [-0.05, 0) is 44.2 Å². The minimum Gasteiger partial charge on any atom is -0.342 e. The number of carbonyl (C=O) groups is 1. The van der Waals surface area contributed by atoms with Crippen LogP contribution in [-0.4, -0.2) is 37.0 Å². The van der Waals surface area contributed by atoms with Crippen LogP contribution < -0.4 is 5.32 Å². The van der Waals surface area contributed by atoms with Crippen LogP contribution in [0.25, 0.3) is 0 Å². The van der Waals surface area contributed by atoms with Gasteiger partial charge < -0.3 is 10.2 Å². The maximum atomic E-state index is 12.0. The Labute approximate surface area is 92.2 Å². The van der Waals surface area contributed by atoms with Gasteiger partial charge in [0.05, 0.1) is 0 Å². The first kappa shape index (κ1) is 10.9. The monoisotopic (exact) mass is 210 g/mol. The SMILES string of the molecule is CCCN(CC1CC1)C(=O)CC1CNC1. The zero-order valence-corrected chi connectivity index (χ0v) is 9.67. The molecule has 1 aliphatic carbocycles. The lowest BCUT2D eigenvalue weighted by Crippen LogP contribution is -2.45. The minimum atomic E-state index is 0.384. The first-order valence-electron chi connectivity index (χ1n) is 6.28. The summed E-state index contributed by atoms with van der Waals surface area (Å²) in [5, 5.41) is 3.22. The molecule has 2 fully saturated rings. The second-order valence-electron chi connectivity index (χ2n) is 5.01. The summed E-state index contributed by atoms with van der Waals surface area (Å²) in [6.45, 7) is 6.20. The Morgan fingerprint density at radius 3 is 2.53 bits per heavy atom. The van der Waals surface area contributed by atoms with Crippen LogP contribution in [0.2, 0.25) is 0 Å². The highest BCUT2D eigenvalue weighted by Gasteiger charge is 2.28. The molecule has 0 aromatic carbocycles. The molecule has 0 unspecified atom stereocenters. The Hall–Kier alpha value is -0.570. The molecule has 1 saturated heterocycles. The van der Waals surface area contributed by atoms with Crippen LogP contribution in [0.1, 0.15) is 32.6 Å². The standard InChI is InChI=1S/C12H22N2O/c1-2-5-14(9-10-3-4-10)12(15)6-11-7-13-8-11/h10-11,13H,2-9H2,1H3. The summed E-state index contributed by atoms with van der Waals surface area (Å²) < 4.78 is 0. The number of amides is 1. The Morgan fingerprint density at radius 1 is 1.33 bits per heavy atom. The fourth-order valence-corrected chi connectivity index (χ4v) is 2.07. The van der Waals surface area contributed by atoms with Crippen LogP contribution in [0.5, 0.6) is 0 Å². The van der Waals surface area contributed by atoms with Gasteiger partial charge >= 0.3 is 0 Å². The fraction of sp³-hybridized carbons (Fsp3) is 0.917. The quantitative estimate of drug-likeness (QED) is 0.715. The van der Waals surface area contributed by atoms with E-state index in [2.05, 4.69) is 17.1 Å². The Balaban J connectivity index is 1.75. The molecule has 3 heteroatoms. The van der Waals surface area contributed by atoms with Gasteiger partial charge in [0.15, 0.2) is 0 Å². The molecule has 1 N–H and O–H groups in total. The summed E-state index contributed by atoms with van der Waals surface area (Å²) in [6.07, 6.45) is 4.51. The van der Waals surface area contributed by atoms with Gasteiger partial charge in [0.1, 0.15) is 0 Å². The van der Waals surface area contributed by atoms with E-state index in [1.54, 1.807) is 0 Å². The molecule has 0 aromatic heterocycles. The lowest BCUT2D eigenvalue weighted by Gasteiger charge is -2.30. The topological polar surface area (TPSA) is 32.3 Å². The van der Waals surface area contributed by atoms with Gasteiger partial charge in [-0.2, -0.15) is 0 Å². The van der Waals surface area contributed by atoms with Crippen molar-refractivity contribution >= 4 is 5.91 Å². The summed E-state index contributed by atoms with van der Waals surface area (Å²) in [5.74, 6) is 1.81. The maximum absolute atomic E-state index is 12.0. The molecule has 0 radical (unpaired) electrons. The van der Waals surface area contributed by atoms with Crippen molar-refractivity contribution in [3.8, 4) is 0 Å². The highest BCUT2D eigenvalue weighted by molar-refractivity contribution is 5.76. The minimum absolute atomic E-state index is 0.384. The third-order valence-electron chi connectivity index (χ3n) is 3.35. The zero-order chi connectivity index (χ0) is 10.7. The smallest absolute Gasteiger partial charge is 0.222 e. The second kappa shape index (κ2) is 4.97. The first-order valence-corrected chi connectivity index (χ1v) is 6.28. The predicted octanol–water partition coefficient (Wildman–Crippen LogP) is 1.24. The molecule has 1 aliphatic heterocycles. The third-order valence-corrected chi connectivity index (χ3v) is 3.35. The highest BCUT2D eigenvalue weighted by atomic mass is 16.2. The summed E-state index contributed by atoms with van der Waals surface area (Å²) in [4.78, 5) is 14.1. The third kappa shape index (κ3) is 3.20. The first-order chi connectivity index (χ1) is 7.29. The van der Waals surface area contributed by atoms with Gasteiger partial charge in [-0.25, -0.2) is 0 Å². The van der Waals surface area contributed by atoms with E-state index >= 15 is 0 Å². The molecule has 0 bridgehead atoms. The van der Waals surface area contributed by atoms with Gasteiger partial charge in [0.2, 0.25) is 5.91 Å². The molecular formula is C12H22N2O. The van der Waals surface area contributed by atoms with Gasteiger partial charge in [-0.1, -0.05) is 6.92 Å². The van der Waals surface area contributed by atoms with E-state index in [0.717, 1.165) is 44.9 Å². The number of nitrogens with one attached hydrogen (secondary N) is 1. The zero-order valence-electron chi connectivity index (χ0n) is 9.67. The number of rotatable bonds is 6. The van der Waals surface area contributed by atoms with Crippen molar-refractivity contribution in [2.24, 2.45) is 11.8 Å². The van der Waals surface area contributed by atoms with E-state index < -0.39 is 0 Å². The summed E-state index contributed by atoms with van der Waals surface area (Å²) in [6, 6.07) is 0.